The second-order valence-electron chi connectivity index (χ2n) is 11.1. The zero-order valence-electron chi connectivity index (χ0n) is 20.8. The Kier molecular flexibility index (Phi) is 6.45. The van der Waals surface area contributed by atoms with Crippen molar-refractivity contribution in [1.82, 2.24) is 10.2 Å². The number of aliphatic imine (C=N–C) groups is 1. The van der Waals surface area contributed by atoms with E-state index in [1.807, 2.05) is 32.1 Å². The summed E-state index contributed by atoms with van der Waals surface area (Å²) in [5.74, 6) is 3.72. The summed E-state index contributed by atoms with van der Waals surface area (Å²) in [6, 6.07) is 8.60. The largest absolute Gasteiger partial charge is 0.497 e. The van der Waals surface area contributed by atoms with Gasteiger partial charge in [-0.25, -0.2) is 4.99 Å². The summed E-state index contributed by atoms with van der Waals surface area (Å²) in [6.45, 7) is 5.69. The molecule has 184 valence electrons. The number of likely N-dealkylation sites (tertiary alicyclic amines) is 1. The second-order valence-corrected chi connectivity index (χ2v) is 11.1. The number of allylic oxidation sites excluding steroid dienone is 1. The molecule has 0 aromatic heterocycles. The Hall–Kier alpha value is -2.34. The van der Waals surface area contributed by atoms with Crippen molar-refractivity contribution in [2.75, 3.05) is 20.2 Å². The molecule has 2 atom stereocenters. The van der Waals surface area contributed by atoms with Crippen LogP contribution < -0.4 is 10.1 Å². The van der Waals surface area contributed by atoms with Crippen LogP contribution in [-0.4, -0.2) is 53.5 Å². The first-order valence-electron chi connectivity index (χ1n) is 13.0. The molecule has 6 rings (SSSR count). The molecule has 34 heavy (non-hydrogen) atoms. The van der Waals surface area contributed by atoms with Crippen LogP contribution >= 0.6 is 0 Å². The average molecular weight is 466 g/mol. The van der Waals surface area contributed by atoms with Gasteiger partial charge in [0.1, 0.15) is 17.3 Å². The summed E-state index contributed by atoms with van der Waals surface area (Å²) in [5, 5.41) is 14.1. The minimum Gasteiger partial charge on any atom is -0.497 e. The van der Waals surface area contributed by atoms with E-state index in [-0.39, 0.29) is 11.9 Å². The second kappa shape index (κ2) is 9.37. The SMILES string of the molecule is C/C=C(\N=C(/C)C(=O)NC1C2CC3CC1CC(O)(C3)C2)N1CCC(c2ccc(OC)cc2)CC1. The van der Waals surface area contributed by atoms with Gasteiger partial charge in [-0.3, -0.25) is 4.79 Å². The predicted octanol–water partition coefficient (Wildman–Crippen LogP) is 4.25. The number of carbonyl (C=O) groups is 1. The van der Waals surface area contributed by atoms with Gasteiger partial charge in [-0.1, -0.05) is 12.1 Å². The predicted molar refractivity (Wildman–Crippen MR) is 134 cm³/mol. The Labute approximate surface area is 203 Å². The lowest BCUT2D eigenvalue weighted by Gasteiger charge is -2.58. The monoisotopic (exact) mass is 465 g/mol. The zero-order valence-corrected chi connectivity index (χ0v) is 20.8. The van der Waals surface area contributed by atoms with Crippen molar-refractivity contribution < 1.29 is 14.6 Å². The summed E-state index contributed by atoms with van der Waals surface area (Å²) in [4.78, 5) is 20.1. The van der Waals surface area contributed by atoms with Gasteiger partial charge < -0.3 is 20.1 Å². The molecule has 0 spiro atoms. The van der Waals surface area contributed by atoms with E-state index in [4.69, 9.17) is 9.73 Å². The molecule has 2 unspecified atom stereocenters. The van der Waals surface area contributed by atoms with Crippen LogP contribution in [0.15, 0.2) is 41.2 Å². The number of rotatable bonds is 6. The zero-order chi connectivity index (χ0) is 23.9. The number of carbonyl (C=O) groups excluding carboxylic acids is 1. The fraction of sp³-hybridized carbons (Fsp3) is 0.643. The lowest BCUT2D eigenvalue weighted by atomic mass is 9.52. The first-order chi connectivity index (χ1) is 16.4. The van der Waals surface area contributed by atoms with E-state index in [2.05, 4.69) is 22.3 Å². The fourth-order valence-corrected chi connectivity index (χ4v) is 7.33. The molecule has 1 heterocycles. The van der Waals surface area contributed by atoms with E-state index in [1.54, 1.807) is 7.11 Å². The Morgan fingerprint density at radius 3 is 2.35 bits per heavy atom. The molecule has 4 saturated carbocycles. The number of benzene rings is 1. The molecule has 1 aromatic carbocycles. The molecular formula is C28H39N3O3. The Morgan fingerprint density at radius 1 is 1.15 bits per heavy atom. The van der Waals surface area contributed by atoms with Crippen molar-refractivity contribution in [3.05, 3.63) is 41.7 Å². The molecule has 6 nitrogen and oxygen atoms in total. The van der Waals surface area contributed by atoms with E-state index < -0.39 is 5.60 Å². The molecule has 1 aliphatic heterocycles. The maximum Gasteiger partial charge on any atom is 0.265 e. The van der Waals surface area contributed by atoms with Crippen molar-refractivity contribution in [3.8, 4) is 5.75 Å². The maximum absolute atomic E-state index is 13.1. The number of hydrogen-bond acceptors (Lipinski definition) is 5. The molecule has 4 aliphatic carbocycles. The molecular weight excluding hydrogens is 426 g/mol. The average Bonchev–Trinajstić information content (AvgIpc) is 2.83. The highest BCUT2D eigenvalue weighted by Gasteiger charge is 2.55. The van der Waals surface area contributed by atoms with Gasteiger partial charge in [0.05, 0.1) is 12.7 Å². The van der Waals surface area contributed by atoms with Crippen molar-refractivity contribution in [2.45, 2.75) is 76.4 Å². The van der Waals surface area contributed by atoms with Crippen LogP contribution in [0.5, 0.6) is 5.75 Å². The van der Waals surface area contributed by atoms with Gasteiger partial charge in [0.2, 0.25) is 0 Å². The summed E-state index contributed by atoms with van der Waals surface area (Å²) in [6.07, 6.45) is 9.07. The first-order valence-corrected chi connectivity index (χ1v) is 13.0. The Morgan fingerprint density at radius 2 is 1.79 bits per heavy atom. The topological polar surface area (TPSA) is 74.2 Å². The van der Waals surface area contributed by atoms with E-state index in [1.165, 1.54) is 5.56 Å². The van der Waals surface area contributed by atoms with Gasteiger partial charge in [0.15, 0.2) is 0 Å². The van der Waals surface area contributed by atoms with Crippen LogP contribution in [0, 0.1) is 17.8 Å². The summed E-state index contributed by atoms with van der Waals surface area (Å²) in [7, 11) is 1.70. The van der Waals surface area contributed by atoms with Crippen molar-refractivity contribution in [2.24, 2.45) is 22.7 Å². The maximum atomic E-state index is 13.1. The van der Waals surface area contributed by atoms with Crippen LogP contribution in [0.3, 0.4) is 0 Å². The van der Waals surface area contributed by atoms with Gasteiger partial charge >= 0.3 is 0 Å². The molecule has 4 bridgehead atoms. The molecule has 1 saturated heterocycles. The number of aliphatic hydroxyl groups is 1. The van der Waals surface area contributed by atoms with Crippen molar-refractivity contribution in [1.29, 1.82) is 0 Å². The van der Waals surface area contributed by atoms with Gasteiger partial charge in [-0.05, 0) is 106 Å². The van der Waals surface area contributed by atoms with E-state index >= 15 is 0 Å². The van der Waals surface area contributed by atoms with Gasteiger partial charge in [0, 0.05) is 19.1 Å². The first kappa shape index (κ1) is 23.4. The highest BCUT2D eigenvalue weighted by molar-refractivity contribution is 6.38. The molecule has 0 radical (unpaired) electrons. The summed E-state index contributed by atoms with van der Waals surface area (Å²) in [5.41, 5.74) is 1.41. The number of ether oxygens (including phenoxy) is 1. The Balaban J connectivity index is 1.18. The van der Waals surface area contributed by atoms with Crippen LogP contribution in [0.1, 0.15) is 70.3 Å². The van der Waals surface area contributed by atoms with Crippen molar-refractivity contribution in [3.63, 3.8) is 0 Å². The van der Waals surface area contributed by atoms with Gasteiger partial charge in [-0.2, -0.15) is 0 Å². The third-order valence-electron chi connectivity index (χ3n) is 8.81. The molecule has 1 amide bonds. The number of nitrogens with zero attached hydrogens (tertiary/aromatic N) is 2. The molecule has 5 aliphatic rings. The summed E-state index contributed by atoms with van der Waals surface area (Å²) >= 11 is 0. The third kappa shape index (κ3) is 4.61. The van der Waals surface area contributed by atoms with Crippen molar-refractivity contribution >= 4 is 11.6 Å². The van der Waals surface area contributed by atoms with Gasteiger partial charge in [-0.15, -0.1) is 0 Å². The fourth-order valence-electron chi connectivity index (χ4n) is 7.33. The van der Waals surface area contributed by atoms with E-state index in [9.17, 15) is 9.90 Å². The van der Waals surface area contributed by atoms with E-state index in [0.717, 1.165) is 69.6 Å². The highest BCUT2D eigenvalue weighted by atomic mass is 16.5. The summed E-state index contributed by atoms with van der Waals surface area (Å²) < 4.78 is 5.28. The van der Waals surface area contributed by atoms with Crippen LogP contribution in [0.2, 0.25) is 0 Å². The van der Waals surface area contributed by atoms with Crippen LogP contribution in [0.4, 0.5) is 0 Å². The lowest BCUT2D eigenvalue weighted by Crippen LogP contribution is -2.62. The normalized spacial score (nSPS) is 33.8. The number of amides is 1. The lowest BCUT2D eigenvalue weighted by molar-refractivity contribution is -0.144. The minimum atomic E-state index is -0.475. The van der Waals surface area contributed by atoms with Gasteiger partial charge in [0.25, 0.3) is 5.91 Å². The molecule has 6 heteroatoms. The van der Waals surface area contributed by atoms with Crippen LogP contribution in [-0.2, 0) is 4.79 Å². The number of hydrogen-bond donors (Lipinski definition) is 2. The minimum absolute atomic E-state index is 0.0584. The molecule has 2 N–H and O–H groups in total. The van der Waals surface area contributed by atoms with E-state index in [0.29, 0.717) is 29.4 Å². The Bertz CT molecular complexity index is 946. The third-order valence-corrected chi connectivity index (χ3v) is 8.81. The van der Waals surface area contributed by atoms with Crippen LogP contribution in [0.25, 0.3) is 0 Å². The molecule has 1 aromatic rings. The number of nitrogens with one attached hydrogen (secondary N) is 1. The standard InChI is InChI=1S/C28H39N3O3/c1-4-25(31-11-9-21(10-12-31)20-5-7-24(34-3)8-6-20)29-18(2)27(32)30-26-22-13-19-14-23(26)17-28(33,15-19)16-22/h4-8,19,21-23,26,33H,9-17H2,1-3H3,(H,30,32)/b25-4+,29-18+. The number of piperidine rings is 1. The quantitative estimate of drug-likeness (QED) is 0.616. The highest BCUT2D eigenvalue weighted by Crippen LogP contribution is 2.55. The smallest absolute Gasteiger partial charge is 0.265 e. The molecule has 5 fully saturated rings. The number of methoxy groups -OCH3 is 1.